The van der Waals surface area contributed by atoms with Crippen molar-refractivity contribution in [1.82, 2.24) is 4.90 Å². The fourth-order valence-electron chi connectivity index (χ4n) is 2.97. The van der Waals surface area contributed by atoms with Crippen LogP contribution in [0.25, 0.3) is 0 Å². The van der Waals surface area contributed by atoms with Crippen molar-refractivity contribution in [2.24, 2.45) is 0 Å². The third-order valence-corrected chi connectivity index (χ3v) is 4.16. The molecule has 1 aromatic carbocycles. The Labute approximate surface area is 148 Å². The molecule has 0 heterocycles. The molecule has 2 amide bonds. The molecule has 1 aliphatic rings. The van der Waals surface area contributed by atoms with Crippen molar-refractivity contribution in [3.8, 4) is 6.07 Å². The minimum Gasteiger partial charge on any atom is -0.365 e. The summed E-state index contributed by atoms with van der Waals surface area (Å²) in [5.74, 6) is -0.256. The lowest BCUT2D eigenvalue weighted by molar-refractivity contribution is -0.117. The van der Waals surface area contributed by atoms with Crippen molar-refractivity contribution in [3.05, 3.63) is 35.5 Å². The Morgan fingerprint density at radius 2 is 1.72 bits per heavy atom. The van der Waals surface area contributed by atoms with Crippen molar-refractivity contribution in [3.63, 3.8) is 0 Å². The average Bonchev–Trinajstić information content (AvgIpc) is 2.61. The van der Waals surface area contributed by atoms with E-state index in [0.717, 1.165) is 37.0 Å². The predicted molar refractivity (Wildman–Crippen MR) is 97.7 cm³/mol. The van der Waals surface area contributed by atoms with Crippen LogP contribution in [0.2, 0.25) is 0 Å². The molecule has 6 heteroatoms. The Bertz CT molecular complexity index is 701. The van der Waals surface area contributed by atoms with Crippen LogP contribution in [0.4, 0.5) is 11.4 Å². The van der Waals surface area contributed by atoms with E-state index >= 15 is 0 Å². The number of nitriles is 1. The summed E-state index contributed by atoms with van der Waals surface area (Å²) in [7, 11) is 0. The van der Waals surface area contributed by atoms with Gasteiger partial charge in [0.15, 0.2) is 0 Å². The van der Waals surface area contributed by atoms with Crippen LogP contribution < -0.4 is 10.6 Å². The lowest BCUT2D eigenvalue weighted by atomic mass is 9.96. The zero-order valence-electron chi connectivity index (χ0n) is 14.8. The van der Waals surface area contributed by atoms with Crippen LogP contribution >= 0.6 is 0 Å². The molecule has 1 aromatic rings. The number of hydrogen-bond acceptors (Lipinski definition) is 4. The number of allylic oxidation sites excluding steroid dienone is 2. The van der Waals surface area contributed by atoms with Gasteiger partial charge in [0.2, 0.25) is 11.8 Å². The highest BCUT2D eigenvalue weighted by molar-refractivity contribution is 5.93. The second-order valence-electron chi connectivity index (χ2n) is 6.07. The summed E-state index contributed by atoms with van der Waals surface area (Å²) < 4.78 is 0. The third-order valence-electron chi connectivity index (χ3n) is 4.16. The molecular formula is C19H24N4O2. The molecule has 0 spiro atoms. The van der Waals surface area contributed by atoms with Gasteiger partial charge in [0.25, 0.3) is 0 Å². The number of hydrogen-bond donors (Lipinski definition) is 2. The molecular weight excluding hydrogens is 316 g/mol. The van der Waals surface area contributed by atoms with E-state index in [0.29, 0.717) is 17.9 Å². The topological polar surface area (TPSA) is 85.2 Å². The molecule has 0 saturated carbocycles. The Balaban J connectivity index is 1.99. The Kier molecular flexibility index (Phi) is 6.58. The van der Waals surface area contributed by atoms with Gasteiger partial charge < -0.3 is 15.5 Å². The highest BCUT2D eigenvalue weighted by atomic mass is 16.2. The molecule has 0 aromatic heterocycles. The van der Waals surface area contributed by atoms with Crippen LogP contribution in [0, 0.1) is 11.3 Å². The smallest absolute Gasteiger partial charge is 0.243 e. The molecule has 6 nitrogen and oxygen atoms in total. The summed E-state index contributed by atoms with van der Waals surface area (Å²) in [6.07, 6.45) is 3.75. The first-order chi connectivity index (χ1) is 12.0. The number of rotatable bonds is 6. The number of benzene rings is 1. The molecule has 0 radical (unpaired) electrons. The number of amides is 2. The van der Waals surface area contributed by atoms with E-state index in [1.807, 2.05) is 11.8 Å². The first-order valence-corrected chi connectivity index (χ1v) is 8.58. The number of carbonyl (C=O) groups excluding carboxylic acids is 2. The Morgan fingerprint density at radius 1 is 1.12 bits per heavy atom. The van der Waals surface area contributed by atoms with E-state index in [2.05, 4.69) is 16.7 Å². The highest BCUT2D eigenvalue weighted by Gasteiger charge is 2.19. The lowest BCUT2D eigenvalue weighted by Gasteiger charge is -2.29. The third kappa shape index (κ3) is 5.35. The first kappa shape index (κ1) is 18.5. The predicted octanol–water partition coefficient (Wildman–Crippen LogP) is 3.26. The van der Waals surface area contributed by atoms with Crippen molar-refractivity contribution in [1.29, 1.82) is 5.26 Å². The van der Waals surface area contributed by atoms with Gasteiger partial charge in [-0.25, -0.2) is 0 Å². The second kappa shape index (κ2) is 8.88. The van der Waals surface area contributed by atoms with E-state index in [9.17, 15) is 14.9 Å². The summed E-state index contributed by atoms with van der Waals surface area (Å²) in [5.41, 5.74) is 3.17. The molecule has 2 N–H and O–H groups in total. The molecule has 0 bridgehead atoms. The number of anilines is 2. The number of likely N-dealkylation sites (N-methyl/N-ethyl adjacent to an activating group) is 1. The van der Waals surface area contributed by atoms with E-state index in [1.165, 1.54) is 6.92 Å². The first-order valence-electron chi connectivity index (χ1n) is 8.58. The minimum atomic E-state index is -0.135. The minimum absolute atomic E-state index is 0.121. The maximum atomic E-state index is 12.4. The second-order valence-corrected chi connectivity index (χ2v) is 6.07. The van der Waals surface area contributed by atoms with E-state index in [-0.39, 0.29) is 18.4 Å². The maximum absolute atomic E-state index is 12.4. The van der Waals surface area contributed by atoms with Crippen LogP contribution in [-0.4, -0.2) is 29.8 Å². The summed E-state index contributed by atoms with van der Waals surface area (Å²) in [6.45, 7) is 4.36. The molecule has 2 rings (SSSR count). The SMILES string of the molecule is CCN(CC(=O)Nc1ccc(NC(C)=O)cc1)C1=C(C#N)CCCC1. The van der Waals surface area contributed by atoms with Gasteiger partial charge >= 0.3 is 0 Å². The van der Waals surface area contributed by atoms with Crippen LogP contribution in [0.5, 0.6) is 0 Å². The quantitative estimate of drug-likeness (QED) is 0.832. The van der Waals surface area contributed by atoms with Crippen LogP contribution in [-0.2, 0) is 9.59 Å². The van der Waals surface area contributed by atoms with Crippen LogP contribution in [0.3, 0.4) is 0 Å². The standard InChI is InChI=1S/C19H24N4O2/c1-3-23(18-7-5-4-6-15(18)12-20)13-19(25)22-17-10-8-16(9-11-17)21-14(2)24/h8-11H,3-7,13H2,1-2H3,(H,21,24)(H,22,25). The van der Waals surface area contributed by atoms with E-state index in [4.69, 9.17) is 0 Å². The van der Waals surface area contributed by atoms with E-state index < -0.39 is 0 Å². The summed E-state index contributed by atoms with van der Waals surface area (Å²) in [5, 5.41) is 14.8. The van der Waals surface area contributed by atoms with Gasteiger partial charge in [0.1, 0.15) is 0 Å². The zero-order chi connectivity index (χ0) is 18.2. The average molecular weight is 340 g/mol. The normalized spacial score (nSPS) is 13.8. The number of nitrogens with zero attached hydrogens (tertiary/aromatic N) is 2. The Hall–Kier alpha value is -2.81. The number of nitrogens with one attached hydrogen (secondary N) is 2. The van der Waals surface area contributed by atoms with Gasteiger partial charge in [-0.2, -0.15) is 5.26 Å². The van der Waals surface area contributed by atoms with Gasteiger partial charge in [-0.15, -0.1) is 0 Å². The van der Waals surface area contributed by atoms with Crippen LogP contribution in [0.15, 0.2) is 35.5 Å². The van der Waals surface area contributed by atoms with Gasteiger partial charge in [-0.05, 0) is 56.9 Å². The molecule has 0 saturated heterocycles. The van der Waals surface area contributed by atoms with Crippen molar-refractivity contribution in [2.45, 2.75) is 39.5 Å². The van der Waals surface area contributed by atoms with Crippen molar-refractivity contribution >= 4 is 23.2 Å². The molecule has 132 valence electrons. The van der Waals surface area contributed by atoms with Gasteiger partial charge in [0, 0.05) is 36.1 Å². The largest absolute Gasteiger partial charge is 0.365 e. The number of carbonyl (C=O) groups is 2. The summed E-state index contributed by atoms with van der Waals surface area (Å²) in [4.78, 5) is 25.4. The fraction of sp³-hybridized carbons (Fsp3) is 0.421. The lowest BCUT2D eigenvalue weighted by Crippen LogP contribution is -2.34. The van der Waals surface area contributed by atoms with E-state index in [1.54, 1.807) is 24.3 Å². The Morgan fingerprint density at radius 3 is 2.28 bits per heavy atom. The molecule has 0 fully saturated rings. The maximum Gasteiger partial charge on any atom is 0.243 e. The molecule has 25 heavy (non-hydrogen) atoms. The highest BCUT2D eigenvalue weighted by Crippen LogP contribution is 2.26. The van der Waals surface area contributed by atoms with Crippen LogP contribution in [0.1, 0.15) is 39.5 Å². The zero-order valence-corrected chi connectivity index (χ0v) is 14.8. The fourth-order valence-corrected chi connectivity index (χ4v) is 2.97. The molecule has 0 aliphatic heterocycles. The van der Waals surface area contributed by atoms with Gasteiger partial charge in [-0.1, -0.05) is 0 Å². The summed E-state index contributed by atoms with van der Waals surface area (Å²) in [6, 6.07) is 9.27. The van der Waals surface area contributed by atoms with Crippen molar-refractivity contribution < 1.29 is 9.59 Å². The van der Waals surface area contributed by atoms with Crippen molar-refractivity contribution in [2.75, 3.05) is 23.7 Å². The molecule has 0 unspecified atom stereocenters. The molecule has 1 aliphatic carbocycles. The van der Waals surface area contributed by atoms with Gasteiger partial charge in [-0.3, -0.25) is 9.59 Å². The summed E-state index contributed by atoms with van der Waals surface area (Å²) >= 11 is 0. The molecule has 0 atom stereocenters. The van der Waals surface area contributed by atoms with Gasteiger partial charge in [0.05, 0.1) is 12.6 Å². The monoisotopic (exact) mass is 340 g/mol.